The first-order valence-electron chi connectivity index (χ1n) is 8.38. The molecule has 3 rings (SSSR count). The number of pyridine rings is 1. The van der Waals surface area contributed by atoms with Gasteiger partial charge in [0.15, 0.2) is 0 Å². The normalized spacial score (nSPS) is 14.3. The molecular weight excluding hydrogens is 302 g/mol. The van der Waals surface area contributed by atoms with E-state index in [9.17, 15) is 4.79 Å². The number of amides is 1. The van der Waals surface area contributed by atoms with Crippen LogP contribution in [0.2, 0.25) is 0 Å². The molecule has 0 saturated carbocycles. The number of rotatable bonds is 5. The summed E-state index contributed by atoms with van der Waals surface area (Å²) < 4.78 is 5.12. The summed E-state index contributed by atoms with van der Waals surface area (Å²) in [6.07, 6.45) is 5.55. The summed E-state index contributed by atoms with van der Waals surface area (Å²) in [5.41, 5.74) is 2.57. The monoisotopic (exact) mass is 325 g/mol. The number of aromatic nitrogens is 1. The second-order valence-electron chi connectivity index (χ2n) is 5.98. The zero-order valence-electron chi connectivity index (χ0n) is 14.0. The molecule has 0 unspecified atom stereocenters. The van der Waals surface area contributed by atoms with Gasteiger partial charge in [-0.1, -0.05) is 12.1 Å². The molecule has 1 aliphatic heterocycles. The Balaban J connectivity index is 1.56. The van der Waals surface area contributed by atoms with Crippen LogP contribution in [0.4, 0.5) is 5.69 Å². The van der Waals surface area contributed by atoms with E-state index < -0.39 is 0 Å². The van der Waals surface area contributed by atoms with E-state index >= 15 is 0 Å². The van der Waals surface area contributed by atoms with Crippen molar-refractivity contribution in [1.29, 1.82) is 0 Å². The average molecular weight is 325 g/mol. The SMILES string of the molecule is COc1ccc(CNC(=O)c2ccc(N3CCCCC3)cn2)cc1. The molecular formula is C19H23N3O2. The highest BCUT2D eigenvalue weighted by Gasteiger charge is 2.12. The Labute approximate surface area is 142 Å². The Bertz CT molecular complexity index is 662. The van der Waals surface area contributed by atoms with Crippen molar-refractivity contribution in [3.05, 3.63) is 53.9 Å². The molecule has 126 valence electrons. The highest BCUT2D eigenvalue weighted by Crippen LogP contribution is 2.19. The summed E-state index contributed by atoms with van der Waals surface area (Å²) in [6, 6.07) is 11.4. The van der Waals surface area contributed by atoms with E-state index in [0.717, 1.165) is 30.1 Å². The molecule has 24 heavy (non-hydrogen) atoms. The number of piperidine rings is 1. The van der Waals surface area contributed by atoms with Crippen LogP contribution >= 0.6 is 0 Å². The highest BCUT2D eigenvalue weighted by molar-refractivity contribution is 5.92. The van der Waals surface area contributed by atoms with Crippen LogP contribution in [0.1, 0.15) is 35.3 Å². The maximum atomic E-state index is 12.2. The molecule has 1 aromatic carbocycles. The van der Waals surface area contributed by atoms with E-state index in [0.29, 0.717) is 12.2 Å². The third-order valence-electron chi connectivity index (χ3n) is 4.31. The molecule has 1 amide bonds. The molecule has 1 aromatic heterocycles. The molecule has 1 fully saturated rings. The number of benzene rings is 1. The van der Waals surface area contributed by atoms with Crippen LogP contribution in [-0.2, 0) is 6.54 Å². The van der Waals surface area contributed by atoms with E-state index in [4.69, 9.17) is 4.74 Å². The number of hydrogen-bond donors (Lipinski definition) is 1. The second-order valence-corrected chi connectivity index (χ2v) is 5.98. The fourth-order valence-electron chi connectivity index (χ4n) is 2.88. The molecule has 1 aliphatic rings. The number of nitrogens with zero attached hydrogens (tertiary/aromatic N) is 2. The molecule has 0 bridgehead atoms. The molecule has 0 radical (unpaired) electrons. The summed E-state index contributed by atoms with van der Waals surface area (Å²) in [6.45, 7) is 2.62. The van der Waals surface area contributed by atoms with Crippen molar-refractivity contribution >= 4 is 11.6 Å². The molecule has 5 heteroatoms. The summed E-state index contributed by atoms with van der Waals surface area (Å²) in [5, 5.41) is 2.90. The lowest BCUT2D eigenvalue weighted by Gasteiger charge is -2.28. The Morgan fingerprint density at radius 2 is 1.88 bits per heavy atom. The van der Waals surface area contributed by atoms with Gasteiger partial charge < -0.3 is 15.0 Å². The van der Waals surface area contributed by atoms with Gasteiger partial charge in [-0.25, -0.2) is 4.98 Å². The van der Waals surface area contributed by atoms with E-state index in [1.807, 2.05) is 30.3 Å². The third-order valence-corrected chi connectivity index (χ3v) is 4.31. The lowest BCUT2D eigenvalue weighted by atomic mass is 10.1. The minimum atomic E-state index is -0.156. The smallest absolute Gasteiger partial charge is 0.270 e. The van der Waals surface area contributed by atoms with Gasteiger partial charge in [0.2, 0.25) is 0 Å². The van der Waals surface area contributed by atoms with E-state index in [2.05, 4.69) is 15.2 Å². The first-order chi connectivity index (χ1) is 11.8. The van der Waals surface area contributed by atoms with Crippen LogP contribution in [0, 0.1) is 0 Å². The number of carbonyl (C=O) groups excluding carboxylic acids is 1. The van der Waals surface area contributed by atoms with Gasteiger partial charge in [-0.3, -0.25) is 4.79 Å². The summed E-state index contributed by atoms with van der Waals surface area (Å²) in [5.74, 6) is 0.649. The van der Waals surface area contributed by atoms with E-state index in [1.54, 1.807) is 19.4 Å². The van der Waals surface area contributed by atoms with Gasteiger partial charge in [0.1, 0.15) is 11.4 Å². The number of hydrogen-bond acceptors (Lipinski definition) is 4. The fraction of sp³-hybridized carbons (Fsp3) is 0.368. The Morgan fingerprint density at radius 1 is 1.12 bits per heavy atom. The van der Waals surface area contributed by atoms with Gasteiger partial charge in [0.05, 0.1) is 19.0 Å². The van der Waals surface area contributed by atoms with Crippen molar-refractivity contribution in [2.45, 2.75) is 25.8 Å². The summed E-state index contributed by atoms with van der Waals surface area (Å²) in [7, 11) is 1.63. The largest absolute Gasteiger partial charge is 0.497 e. The van der Waals surface area contributed by atoms with Gasteiger partial charge >= 0.3 is 0 Å². The fourth-order valence-corrected chi connectivity index (χ4v) is 2.88. The summed E-state index contributed by atoms with van der Waals surface area (Å²) in [4.78, 5) is 18.9. The minimum Gasteiger partial charge on any atom is -0.497 e. The number of carbonyl (C=O) groups is 1. The minimum absolute atomic E-state index is 0.156. The molecule has 2 heterocycles. The average Bonchev–Trinajstić information content (AvgIpc) is 2.67. The maximum absolute atomic E-state index is 12.2. The summed E-state index contributed by atoms with van der Waals surface area (Å²) >= 11 is 0. The van der Waals surface area contributed by atoms with Crippen LogP contribution < -0.4 is 15.0 Å². The Morgan fingerprint density at radius 3 is 2.50 bits per heavy atom. The zero-order valence-corrected chi connectivity index (χ0v) is 14.0. The number of ether oxygens (including phenoxy) is 1. The molecule has 2 aromatic rings. The first kappa shape index (κ1) is 16.3. The molecule has 0 atom stereocenters. The molecule has 1 saturated heterocycles. The molecule has 0 aliphatic carbocycles. The molecule has 1 N–H and O–H groups in total. The quantitative estimate of drug-likeness (QED) is 0.918. The van der Waals surface area contributed by atoms with Crippen molar-refractivity contribution < 1.29 is 9.53 Å². The Kier molecular flexibility index (Phi) is 5.31. The number of nitrogens with one attached hydrogen (secondary N) is 1. The predicted octanol–water partition coefficient (Wildman–Crippen LogP) is 3.01. The van der Waals surface area contributed by atoms with E-state index in [1.165, 1.54) is 19.3 Å². The first-order valence-corrected chi connectivity index (χ1v) is 8.38. The highest BCUT2D eigenvalue weighted by atomic mass is 16.5. The van der Waals surface area contributed by atoms with Gasteiger partial charge in [0, 0.05) is 19.6 Å². The lowest BCUT2D eigenvalue weighted by molar-refractivity contribution is 0.0946. The second kappa shape index (κ2) is 7.81. The maximum Gasteiger partial charge on any atom is 0.270 e. The zero-order chi connectivity index (χ0) is 16.8. The van der Waals surface area contributed by atoms with Gasteiger partial charge in [-0.05, 0) is 49.1 Å². The molecule has 0 spiro atoms. The van der Waals surface area contributed by atoms with E-state index in [-0.39, 0.29) is 5.91 Å². The van der Waals surface area contributed by atoms with Crippen molar-refractivity contribution in [3.8, 4) is 5.75 Å². The van der Waals surface area contributed by atoms with Gasteiger partial charge in [0.25, 0.3) is 5.91 Å². The van der Waals surface area contributed by atoms with Crippen molar-refractivity contribution in [2.75, 3.05) is 25.1 Å². The van der Waals surface area contributed by atoms with Crippen molar-refractivity contribution in [3.63, 3.8) is 0 Å². The number of methoxy groups -OCH3 is 1. The van der Waals surface area contributed by atoms with Crippen LogP contribution in [0.25, 0.3) is 0 Å². The van der Waals surface area contributed by atoms with Crippen LogP contribution in [-0.4, -0.2) is 31.1 Å². The molecule has 5 nitrogen and oxygen atoms in total. The lowest BCUT2D eigenvalue weighted by Crippen LogP contribution is -2.29. The third kappa shape index (κ3) is 4.04. The van der Waals surface area contributed by atoms with Crippen molar-refractivity contribution in [2.24, 2.45) is 0 Å². The topological polar surface area (TPSA) is 54.5 Å². The Hall–Kier alpha value is -2.56. The number of anilines is 1. The van der Waals surface area contributed by atoms with Gasteiger partial charge in [-0.15, -0.1) is 0 Å². The van der Waals surface area contributed by atoms with Crippen LogP contribution in [0.5, 0.6) is 5.75 Å². The van der Waals surface area contributed by atoms with Crippen molar-refractivity contribution in [1.82, 2.24) is 10.3 Å². The van der Waals surface area contributed by atoms with Crippen LogP contribution in [0.3, 0.4) is 0 Å². The van der Waals surface area contributed by atoms with Crippen LogP contribution in [0.15, 0.2) is 42.6 Å². The standard InChI is InChI=1S/C19H23N3O2/c1-24-17-8-5-15(6-9-17)13-21-19(23)18-10-7-16(14-20-18)22-11-3-2-4-12-22/h5-10,14H,2-4,11-13H2,1H3,(H,21,23). The predicted molar refractivity (Wildman–Crippen MR) is 94.5 cm³/mol. The van der Waals surface area contributed by atoms with Gasteiger partial charge in [-0.2, -0.15) is 0 Å².